The van der Waals surface area contributed by atoms with Crippen LogP contribution in [0.4, 0.5) is 5.82 Å². The fraction of sp³-hybridized carbons (Fsp3) is 0.417. The number of nitrogens with zero attached hydrogens (tertiary/aromatic N) is 7. The van der Waals surface area contributed by atoms with E-state index in [1.165, 1.54) is 0 Å². The number of ether oxygens (including phenoxy) is 1. The van der Waals surface area contributed by atoms with E-state index in [1.807, 2.05) is 24.1 Å². The maximum Gasteiger partial charge on any atom is 0.309 e. The van der Waals surface area contributed by atoms with Crippen molar-refractivity contribution in [1.29, 1.82) is 0 Å². The molecule has 2 aliphatic rings. The molecule has 0 radical (unpaired) electrons. The second-order valence-corrected chi connectivity index (χ2v) is 8.47. The number of aromatic nitrogens is 5. The standard InChI is InChI=1S/C24H27N7O3/c1-2-34-24(33)17-6-11-29(12-7-17)22-19-15-30(13-8-20(19)26-16-27-22)23(32)18-4-5-21(25-14-18)31-10-3-9-28-31/h3-5,9-10,14,16-17H,2,6-8,11-13,15H2,1H3. The quantitative estimate of drug-likeness (QED) is 0.532. The molecule has 0 bridgehead atoms. The zero-order chi connectivity index (χ0) is 23.5. The molecule has 2 aliphatic heterocycles. The Hall–Kier alpha value is -3.82. The summed E-state index contributed by atoms with van der Waals surface area (Å²) in [4.78, 5) is 42.8. The Kier molecular flexibility index (Phi) is 6.20. The van der Waals surface area contributed by atoms with Crippen molar-refractivity contribution in [3.05, 3.63) is 59.9 Å². The van der Waals surface area contributed by atoms with E-state index < -0.39 is 0 Å². The highest BCUT2D eigenvalue weighted by molar-refractivity contribution is 5.94. The van der Waals surface area contributed by atoms with Gasteiger partial charge in [0.2, 0.25) is 0 Å². The van der Waals surface area contributed by atoms with Gasteiger partial charge in [-0.3, -0.25) is 9.59 Å². The lowest BCUT2D eigenvalue weighted by Crippen LogP contribution is -2.41. The van der Waals surface area contributed by atoms with Crippen LogP contribution in [0.15, 0.2) is 43.1 Å². The summed E-state index contributed by atoms with van der Waals surface area (Å²) >= 11 is 0. The summed E-state index contributed by atoms with van der Waals surface area (Å²) in [6.07, 6.45) is 8.82. The molecule has 0 unspecified atom stereocenters. The third-order valence-electron chi connectivity index (χ3n) is 6.41. The summed E-state index contributed by atoms with van der Waals surface area (Å²) in [6, 6.07) is 5.40. The molecule has 5 heterocycles. The van der Waals surface area contributed by atoms with E-state index in [9.17, 15) is 9.59 Å². The van der Waals surface area contributed by atoms with Crippen molar-refractivity contribution < 1.29 is 14.3 Å². The first kappa shape index (κ1) is 22.0. The van der Waals surface area contributed by atoms with Crippen LogP contribution in [0.25, 0.3) is 5.82 Å². The second-order valence-electron chi connectivity index (χ2n) is 8.47. The van der Waals surface area contributed by atoms with Gasteiger partial charge in [0.1, 0.15) is 12.1 Å². The van der Waals surface area contributed by atoms with Gasteiger partial charge in [0.25, 0.3) is 5.91 Å². The van der Waals surface area contributed by atoms with Gasteiger partial charge in [-0.1, -0.05) is 0 Å². The van der Waals surface area contributed by atoms with Crippen molar-refractivity contribution in [3.8, 4) is 5.82 Å². The molecule has 10 heteroatoms. The number of carbonyl (C=O) groups is 2. The highest BCUT2D eigenvalue weighted by Crippen LogP contribution is 2.30. The van der Waals surface area contributed by atoms with Crippen LogP contribution in [-0.4, -0.2) is 67.7 Å². The number of pyridine rings is 1. The van der Waals surface area contributed by atoms with Crippen LogP contribution in [0.5, 0.6) is 0 Å². The van der Waals surface area contributed by atoms with Gasteiger partial charge in [-0.05, 0) is 38.0 Å². The minimum atomic E-state index is -0.115. The first-order valence-corrected chi connectivity index (χ1v) is 11.6. The van der Waals surface area contributed by atoms with Crippen molar-refractivity contribution in [3.63, 3.8) is 0 Å². The average Bonchev–Trinajstić information content (AvgIpc) is 3.43. The number of amides is 1. The summed E-state index contributed by atoms with van der Waals surface area (Å²) in [5, 5.41) is 4.17. The van der Waals surface area contributed by atoms with E-state index in [4.69, 9.17) is 4.74 Å². The Morgan fingerprint density at radius 3 is 2.68 bits per heavy atom. The van der Waals surface area contributed by atoms with E-state index in [0.717, 1.165) is 43.0 Å². The smallest absolute Gasteiger partial charge is 0.309 e. The molecule has 1 amide bonds. The molecule has 3 aromatic heterocycles. The van der Waals surface area contributed by atoms with E-state index in [2.05, 4.69) is 25.0 Å². The average molecular weight is 462 g/mol. The Morgan fingerprint density at radius 1 is 1.12 bits per heavy atom. The zero-order valence-corrected chi connectivity index (χ0v) is 19.1. The molecule has 0 aliphatic carbocycles. The molecule has 10 nitrogen and oxygen atoms in total. The molecule has 0 atom stereocenters. The molecule has 0 N–H and O–H groups in total. The van der Waals surface area contributed by atoms with Crippen LogP contribution >= 0.6 is 0 Å². The van der Waals surface area contributed by atoms with Gasteiger partial charge in [0.15, 0.2) is 5.82 Å². The van der Waals surface area contributed by atoms with Gasteiger partial charge in [0, 0.05) is 50.2 Å². The number of hydrogen-bond acceptors (Lipinski definition) is 8. The summed E-state index contributed by atoms with van der Waals surface area (Å²) in [6.45, 7) is 4.72. The molecule has 3 aromatic rings. The Balaban J connectivity index is 1.29. The summed E-state index contributed by atoms with van der Waals surface area (Å²) in [5.74, 6) is 1.27. The zero-order valence-electron chi connectivity index (χ0n) is 19.1. The van der Waals surface area contributed by atoms with E-state index >= 15 is 0 Å². The van der Waals surface area contributed by atoms with E-state index in [0.29, 0.717) is 37.5 Å². The molecule has 1 saturated heterocycles. The topological polar surface area (TPSA) is 106 Å². The minimum Gasteiger partial charge on any atom is -0.466 e. The van der Waals surface area contributed by atoms with Crippen molar-refractivity contribution in [2.75, 3.05) is 31.1 Å². The summed E-state index contributed by atoms with van der Waals surface area (Å²) in [7, 11) is 0. The SMILES string of the molecule is CCOC(=O)C1CCN(c2ncnc3c2CN(C(=O)c2ccc(-n4cccn4)nc2)CC3)CC1. The molecule has 5 rings (SSSR count). The molecular formula is C24H27N7O3. The second kappa shape index (κ2) is 9.58. The molecule has 1 fully saturated rings. The van der Waals surface area contributed by atoms with E-state index in [-0.39, 0.29) is 17.8 Å². The minimum absolute atomic E-state index is 0.0656. The molecule has 0 saturated carbocycles. The normalized spacial score (nSPS) is 16.3. The lowest BCUT2D eigenvalue weighted by Gasteiger charge is -2.35. The predicted octanol–water partition coefficient (Wildman–Crippen LogP) is 2.04. The van der Waals surface area contributed by atoms with Crippen LogP contribution in [0.1, 0.15) is 41.4 Å². The fourth-order valence-corrected chi connectivity index (χ4v) is 4.59. The van der Waals surface area contributed by atoms with Gasteiger partial charge in [-0.15, -0.1) is 0 Å². The van der Waals surface area contributed by atoms with Crippen LogP contribution in [-0.2, 0) is 22.5 Å². The first-order valence-electron chi connectivity index (χ1n) is 11.6. The number of esters is 1. The van der Waals surface area contributed by atoms with Crippen molar-refractivity contribution in [1.82, 2.24) is 29.6 Å². The summed E-state index contributed by atoms with van der Waals surface area (Å²) in [5.41, 5.74) is 2.50. The maximum absolute atomic E-state index is 13.2. The maximum atomic E-state index is 13.2. The van der Waals surface area contributed by atoms with Gasteiger partial charge in [0.05, 0.1) is 30.3 Å². The van der Waals surface area contributed by atoms with Gasteiger partial charge in [-0.25, -0.2) is 19.6 Å². The van der Waals surface area contributed by atoms with Crippen LogP contribution in [0.2, 0.25) is 0 Å². The number of carbonyl (C=O) groups excluding carboxylic acids is 2. The lowest BCUT2D eigenvalue weighted by molar-refractivity contribution is -0.148. The van der Waals surface area contributed by atoms with Crippen LogP contribution in [0.3, 0.4) is 0 Å². The number of hydrogen-bond donors (Lipinski definition) is 0. The van der Waals surface area contributed by atoms with Gasteiger partial charge in [-0.2, -0.15) is 5.10 Å². The third kappa shape index (κ3) is 4.35. The molecular weight excluding hydrogens is 434 g/mol. The van der Waals surface area contributed by atoms with Crippen LogP contribution < -0.4 is 4.90 Å². The Bertz CT molecular complexity index is 1160. The van der Waals surface area contributed by atoms with Crippen LogP contribution in [0, 0.1) is 5.92 Å². The first-order chi connectivity index (χ1) is 16.6. The number of fused-ring (bicyclic) bond motifs is 1. The number of anilines is 1. The van der Waals surface area contributed by atoms with Crippen molar-refractivity contribution >= 4 is 17.7 Å². The largest absolute Gasteiger partial charge is 0.466 e. The van der Waals surface area contributed by atoms with Crippen molar-refractivity contribution in [2.45, 2.75) is 32.7 Å². The highest BCUT2D eigenvalue weighted by atomic mass is 16.5. The Morgan fingerprint density at radius 2 is 1.97 bits per heavy atom. The molecule has 0 aromatic carbocycles. The molecule has 34 heavy (non-hydrogen) atoms. The highest BCUT2D eigenvalue weighted by Gasteiger charge is 2.31. The van der Waals surface area contributed by atoms with E-state index in [1.54, 1.807) is 35.5 Å². The predicted molar refractivity (Wildman–Crippen MR) is 123 cm³/mol. The van der Waals surface area contributed by atoms with Gasteiger partial charge < -0.3 is 14.5 Å². The molecule has 0 spiro atoms. The lowest BCUT2D eigenvalue weighted by atomic mass is 9.96. The molecule has 176 valence electrons. The van der Waals surface area contributed by atoms with Gasteiger partial charge >= 0.3 is 5.97 Å². The monoisotopic (exact) mass is 461 g/mol. The van der Waals surface area contributed by atoms with Crippen molar-refractivity contribution in [2.24, 2.45) is 5.92 Å². The number of piperidine rings is 1. The fourth-order valence-electron chi connectivity index (χ4n) is 4.59. The summed E-state index contributed by atoms with van der Waals surface area (Å²) < 4.78 is 6.84. The Labute approximate surface area is 197 Å². The number of rotatable bonds is 5. The third-order valence-corrected chi connectivity index (χ3v) is 6.41.